The van der Waals surface area contributed by atoms with Gasteiger partial charge in [0.05, 0.1) is 34.2 Å². The second-order valence-electron chi connectivity index (χ2n) is 10.8. The van der Waals surface area contributed by atoms with Gasteiger partial charge in [-0.2, -0.15) is 0 Å². The van der Waals surface area contributed by atoms with Crippen molar-refractivity contribution >= 4 is 40.8 Å². The molecule has 4 aromatic rings. The van der Waals surface area contributed by atoms with Gasteiger partial charge in [0.1, 0.15) is 12.3 Å². The zero-order chi connectivity index (χ0) is 31.4. The van der Waals surface area contributed by atoms with E-state index in [2.05, 4.69) is 31.2 Å². The molecule has 2 aromatic carbocycles. The van der Waals surface area contributed by atoms with Gasteiger partial charge in [-0.3, -0.25) is 15.1 Å². The Morgan fingerprint density at radius 3 is 2.86 bits per heavy atom. The number of anilines is 3. The minimum Gasteiger partial charge on any atom is -0.447 e. The Bertz CT molecular complexity index is 1680. The van der Waals surface area contributed by atoms with Crippen LogP contribution in [0, 0.1) is 18.7 Å². The Morgan fingerprint density at radius 1 is 1.25 bits per heavy atom. The third kappa shape index (κ3) is 6.98. The van der Waals surface area contributed by atoms with Crippen LogP contribution in [0.3, 0.4) is 0 Å². The number of ether oxygens (including phenoxy) is 1. The molecule has 1 aliphatic rings. The Balaban J connectivity index is 1.47. The summed E-state index contributed by atoms with van der Waals surface area (Å²) in [6.45, 7) is 5.02. The Kier molecular flexibility index (Phi) is 9.40. The highest BCUT2D eigenvalue weighted by molar-refractivity contribution is 6.30. The second kappa shape index (κ2) is 13.4. The van der Waals surface area contributed by atoms with Crippen LogP contribution in [0.2, 0.25) is 5.02 Å². The highest BCUT2D eigenvalue weighted by Gasteiger charge is 2.23. The Morgan fingerprint density at radius 2 is 2.07 bits per heavy atom. The molecule has 0 saturated carbocycles. The maximum atomic E-state index is 14.8. The topological polar surface area (TPSA) is 143 Å². The highest BCUT2D eigenvalue weighted by atomic mass is 35.5. The lowest BCUT2D eigenvalue weighted by molar-refractivity contribution is -0.119. The fourth-order valence-corrected chi connectivity index (χ4v) is 5.12. The number of carbonyl (C=O) groups is 2. The second-order valence-corrected chi connectivity index (χ2v) is 11.2. The number of hydrogen-bond donors (Lipinski definition) is 4. The molecule has 2 aromatic heterocycles. The zero-order valence-corrected chi connectivity index (χ0v) is 25.2. The largest absolute Gasteiger partial charge is 0.447 e. The molecule has 13 heteroatoms. The Hall–Kier alpha value is -4.55. The van der Waals surface area contributed by atoms with Crippen LogP contribution in [0.4, 0.5) is 26.4 Å². The summed E-state index contributed by atoms with van der Waals surface area (Å²) in [4.78, 5) is 30.0. The van der Waals surface area contributed by atoms with Gasteiger partial charge >= 0.3 is 6.09 Å². The van der Waals surface area contributed by atoms with Crippen LogP contribution in [0.5, 0.6) is 0 Å². The molecule has 5 rings (SSSR count). The van der Waals surface area contributed by atoms with Gasteiger partial charge in [-0.25, -0.2) is 13.9 Å². The van der Waals surface area contributed by atoms with Crippen molar-refractivity contribution in [2.45, 2.75) is 52.2 Å². The number of nitrogens with one attached hydrogen (secondary N) is 3. The monoisotopic (exact) mass is 621 g/mol. The molecule has 0 saturated heterocycles. The first-order valence-electron chi connectivity index (χ1n) is 14.3. The molecule has 11 nitrogen and oxygen atoms in total. The quantitative estimate of drug-likeness (QED) is 0.197. The van der Waals surface area contributed by atoms with E-state index in [0.29, 0.717) is 42.1 Å². The molecule has 1 unspecified atom stereocenters. The maximum absolute atomic E-state index is 14.8. The molecule has 2 bridgehead atoms. The summed E-state index contributed by atoms with van der Waals surface area (Å²) >= 11 is 5.99. The SMILES string of the molecule is Cc1c(N[C@H]2CCC[C@@H](C)C(=O)Nc3cc(NC(=O)OCC(C)O)ccc3-c3ccnc2c3)nnn1-c1cccc(Cl)c1F. The van der Waals surface area contributed by atoms with Crippen LogP contribution in [0.15, 0.2) is 54.7 Å². The number of fused-ring (bicyclic) bond motifs is 4. The van der Waals surface area contributed by atoms with E-state index < -0.39 is 18.0 Å². The summed E-state index contributed by atoms with van der Waals surface area (Å²) in [5.41, 5.74) is 4.00. The van der Waals surface area contributed by atoms with Gasteiger partial charge in [-0.15, -0.1) is 5.10 Å². The minimum atomic E-state index is -0.793. The molecule has 0 radical (unpaired) electrons. The molecule has 3 heterocycles. The van der Waals surface area contributed by atoms with E-state index in [1.54, 1.807) is 43.5 Å². The van der Waals surface area contributed by atoms with Crippen LogP contribution < -0.4 is 16.0 Å². The predicted octanol–water partition coefficient (Wildman–Crippen LogP) is 6.27. The number of benzene rings is 2. The zero-order valence-electron chi connectivity index (χ0n) is 24.5. The smallest absolute Gasteiger partial charge is 0.411 e. The first-order chi connectivity index (χ1) is 21.1. The fourth-order valence-electron chi connectivity index (χ4n) is 4.96. The van der Waals surface area contributed by atoms with Gasteiger partial charge in [0.15, 0.2) is 11.6 Å². The average molecular weight is 622 g/mol. The van der Waals surface area contributed by atoms with Crippen molar-refractivity contribution in [1.82, 2.24) is 20.0 Å². The van der Waals surface area contributed by atoms with Crippen molar-refractivity contribution in [2.75, 3.05) is 22.6 Å². The third-order valence-corrected chi connectivity index (χ3v) is 7.66. The van der Waals surface area contributed by atoms with Crippen molar-refractivity contribution in [2.24, 2.45) is 5.92 Å². The number of nitrogens with zero attached hydrogens (tertiary/aromatic N) is 4. The lowest BCUT2D eigenvalue weighted by Crippen LogP contribution is -2.22. The van der Waals surface area contributed by atoms with Crippen LogP contribution in [-0.2, 0) is 9.53 Å². The van der Waals surface area contributed by atoms with Crippen molar-refractivity contribution < 1.29 is 23.8 Å². The molecule has 44 heavy (non-hydrogen) atoms. The summed E-state index contributed by atoms with van der Waals surface area (Å²) in [7, 11) is 0. The number of carbonyl (C=O) groups excluding carboxylic acids is 2. The van der Waals surface area contributed by atoms with E-state index in [-0.39, 0.29) is 35.2 Å². The number of pyridine rings is 1. The number of aliphatic hydroxyl groups excluding tert-OH is 1. The van der Waals surface area contributed by atoms with Crippen molar-refractivity contribution in [3.05, 3.63) is 77.0 Å². The molecule has 3 atom stereocenters. The average Bonchev–Trinajstić information content (AvgIpc) is 3.35. The van der Waals surface area contributed by atoms with Crippen molar-refractivity contribution in [3.63, 3.8) is 0 Å². The van der Waals surface area contributed by atoms with Gasteiger partial charge in [-0.1, -0.05) is 42.3 Å². The van der Waals surface area contributed by atoms with Gasteiger partial charge in [-0.05, 0) is 68.7 Å². The minimum absolute atomic E-state index is 0.00940. The van der Waals surface area contributed by atoms with E-state index in [0.717, 1.165) is 16.8 Å². The number of amides is 2. The third-order valence-electron chi connectivity index (χ3n) is 7.37. The van der Waals surface area contributed by atoms with Crippen LogP contribution in [-0.4, -0.2) is 49.8 Å². The van der Waals surface area contributed by atoms with Gasteiger partial charge in [0.25, 0.3) is 0 Å². The van der Waals surface area contributed by atoms with E-state index in [9.17, 15) is 19.1 Å². The molecule has 2 amide bonds. The molecular weight excluding hydrogens is 589 g/mol. The number of halogens is 2. The molecule has 0 spiro atoms. The van der Waals surface area contributed by atoms with Gasteiger partial charge in [0, 0.05) is 23.4 Å². The molecule has 0 fully saturated rings. The first kappa shape index (κ1) is 30.9. The molecule has 230 valence electrons. The van der Waals surface area contributed by atoms with Crippen molar-refractivity contribution in [3.8, 4) is 16.8 Å². The molecular formula is C31H33ClFN7O4. The maximum Gasteiger partial charge on any atom is 0.411 e. The number of rotatable bonds is 6. The standard InChI is InChI=1S/C31H33ClFN7O4/c1-17-6-4-8-24(36-29-19(3)40(39-38-29)27-9-5-7-23(32)28(27)33)26-14-20(12-13-34-26)22-11-10-21(15-25(22)37-30(17)42)35-31(43)44-16-18(2)41/h5,7,9-15,17-18,24,36,41H,4,6,8,16H2,1-3H3,(H,35,43)(H,37,42)/t17-,18?,24+/m1/s1. The van der Waals surface area contributed by atoms with E-state index in [1.165, 1.54) is 17.7 Å². The van der Waals surface area contributed by atoms with Crippen molar-refractivity contribution in [1.29, 1.82) is 0 Å². The summed E-state index contributed by atoms with van der Waals surface area (Å²) in [5, 5.41) is 26.9. The fraction of sp³-hybridized carbons (Fsp3) is 0.323. The summed E-state index contributed by atoms with van der Waals surface area (Å²) in [6, 6.07) is 13.4. The van der Waals surface area contributed by atoms with Crippen LogP contribution in [0.1, 0.15) is 50.5 Å². The molecule has 0 aliphatic carbocycles. The van der Waals surface area contributed by atoms with Gasteiger partial charge in [0.2, 0.25) is 5.91 Å². The molecule has 1 aliphatic heterocycles. The van der Waals surface area contributed by atoms with E-state index >= 15 is 0 Å². The molecule has 4 N–H and O–H groups in total. The lowest BCUT2D eigenvalue weighted by Gasteiger charge is -2.22. The number of aromatic nitrogens is 4. The number of hydrogen-bond acceptors (Lipinski definition) is 8. The number of aliphatic hydroxyl groups is 1. The predicted molar refractivity (Wildman–Crippen MR) is 165 cm³/mol. The van der Waals surface area contributed by atoms with Crippen LogP contribution in [0.25, 0.3) is 16.8 Å². The summed E-state index contributed by atoms with van der Waals surface area (Å²) in [5.74, 6) is -0.565. The summed E-state index contributed by atoms with van der Waals surface area (Å²) in [6.07, 6.45) is 2.16. The lowest BCUT2D eigenvalue weighted by atomic mass is 9.95. The first-order valence-corrected chi connectivity index (χ1v) is 14.6. The highest BCUT2D eigenvalue weighted by Crippen LogP contribution is 2.35. The van der Waals surface area contributed by atoms with Gasteiger partial charge < -0.3 is 20.5 Å². The van der Waals surface area contributed by atoms with Crippen LogP contribution >= 0.6 is 11.6 Å². The van der Waals surface area contributed by atoms with E-state index in [4.69, 9.17) is 16.3 Å². The Labute approximate surface area is 258 Å². The summed E-state index contributed by atoms with van der Waals surface area (Å²) < 4.78 is 21.2. The van der Waals surface area contributed by atoms with E-state index in [1.807, 2.05) is 19.1 Å². The normalized spacial score (nSPS) is 17.4.